The van der Waals surface area contributed by atoms with E-state index in [4.69, 9.17) is 9.84 Å². The van der Waals surface area contributed by atoms with E-state index in [1.54, 1.807) is 12.2 Å². The van der Waals surface area contributed by atoms with Crippen LogP contribution in [0.5, 0.6) is 0 Å². The van der Waals surface area contributed by atoms with Crippen LogP contribution >= 0.6 is 12.4 Å². The van der Waals surface area contributed by atoms with Gasteiger partial charge >= 0.3 is 5.97 Å². The van der Waals surface area contributed by atoms with Crippen molar-refractivity contribution in [3.05, 3.63) is 24.6 Å². The maximum atomic E-state index is 10.2. The smallest absolute Gasteiger partial charge is 0.312 e. The zero-order valence-corrected chi connectivity index (χ0v) is 6.95. The van der Waals surface area contributed by atoms with Crippen molar-refractivity contribution in [2.24, 2.45) is 4.99 Å². The molecule has 5 heteroatoms. The highest BCUT2D eigenvalue weighted by Crippen LogP contribution is 1.97. The van der Waals surface area contributed by atoms with E-state index < -0.39 is 5.97 Å². The molecule has 0 aliphatic carbocycles. The predicted molar refractivity (Wildman–Crippen MR) is 46.3 cm³/mol. The van der Waals surface area contributed by atoms with Crippen LogP contribution in [0.2, 0.25) is 0 Å². The normalized spacial score (nSPS) is 13.8. The minimum Gasteiger partial charge on any atom is -0.481 e. The number of hydrogen-bond acceptors (Lipinski definition) is 3. The fourth-order valence-electron chi connectivity index (χ4n) is 0.586. The summed E-state index contributed by atoms with van der Waals surface area (Å²) in [5, 5.41) is 8.35. The number of allylic oxidation sites excluding steroid dienone is 2. The first-order chi connectivity index (χ1) is 5.29. The summed E-state index contributed by atoms with van der Waals surface area (Å²) in [6.07, 6.45) is 5.99. The van der Waals surface area contributed by atoms with Crippen molar-refractivity contribution in [2.45, 2.75) is 6.42 Å². The number of aliphatic imine (C=N–C) groups is 1. The molecule has 12 heavy (non-hydrogen) atoms. The number of carboxylic acids is 1. The molecule has 1 aliphatic heterocycles. The van der Waals surface area contributed by atoms with Gasteiger partial charge in [-0.3, -0.25) is 4.79 Å². The van der Waals surface area contributed by atoms with Crippen LogP contribution in [0.15, 0.2) is 29.6 Å². The zero-order valence-electron chi connectivity index (χ0n) is 6.14. The Morgan fingerprint density at radius 3 is 3.00 bits per heavy atom. The van der Waals surface area contributed by atoms with Crippen LogP contribution in [-0.4, -0.2) is 17.0 Å². The van der Waals surface area contributed by atoms with Crippen molar-refractivity contribution in [3.63, 3.8) is 0 Å². The molecule has 0 radical (unpaired) electrons. The lowest BCUT2D eigenvalue weighted by Crippen LogP contribution is -2.07. The molecule has 4 nitrogen and oxygen atoms in total. The molecule has 66 valence electrons. The van der Waals surface area contributed by atoms with Gasteiger partial charge in [0.05, 0.1) is 6.26 Å². The molecule has 0 aromatic carbocycles. The predicted octanol–water partition coefficient (Wildman–Crippen LogP) is 1.34. The zero-order chi connectivity index (χ0) is 8.10. The highest BCUT2D eigenvalue weighted by molar-refractivity contribution is 5.94. The molecule has 0 amide bonds. The quantitative estimate of drug-likeness (QED) is 0.713. The fraction of sp³-hybridized carbons (Fsp3) is 0.143. The molecule has 0 aromatic rings. The summed E-state index contributed by atoms with van der Waals surface area (Å²) < 4.78 is 4.84. The second-order valence-corrected chi connectivity index (χ2v) is 1.88. The van der Waals surface area contributed by atoms with Gasteiger partial charge in [-0.05, 0) is 12.2 Å². The summed E-state index contributed by atoms with van der Waals surface area (Å²) in [5.41, 5.74) is 0. The molecule has 0 aromatic heterocycles. The minimum absolute atomic E-state index is 0. The van der Waals surface area contributed by atoms with Crippen LogP contribution in [0.1, 0.15) is 6.42 Å². The van der Waals surface area contributed by atoms with Gasteiger partial charge in [-0.25, -0.2) is 4.99 Å². The van der Waals surface area contributed by atoms with E-state index in [-0.39, 0.29) is 24.7 Å². The third kappa shape index (κ3) is 3.78. The van der Waals surface area contributed by atoms with Crippen LogP contribution in [0.4, 0.5) is 0 Å². The number of aliphatic carboxylic acids is 1. The summed E-state index contributed by atoms with van der Waals surface area (Å²) in [7, 11) is 0. The molecule has 1 aliphatic rings. The average molecular weight is 190 g/mol. The number of ether oxygens (including phenoxy) is 1. The Bertz CT molecular complexity index is 245. The molecule has 0 unspecified atom stereocenters. The molecular formula is C7H8ClNO3. The number of rotatable bonds is 2. The Kier molecular flexibility index (Phi) is 4.79. The highest BCUT2D eigenvalue weighted by atomic mass is 35.5. The van der Waals surface area contributed by atoms with Crippen LogP contribution in [0.25, 0.3) is 0 Å². The van der Waals surface area contributed by atoms with E-state index in [1.165, 1.54) is 12.5 Å². The fourth-order valence-corrected chi connectivity index (χ4v) is 0.586. The standard InChI is InChI=1S/C7H7NO3.ClH/c9-7(10)5-6-8-3-1-2-4-11-6;/h1-4H,5H2,(H,9,10);1H. The summed E-state index contributed by atoms with van der Waals surface area (Å²) in [4.78, 5) is 13.9. The van der Waals surface area contributed by atoms with Gasteiger partial charge in [-0.2, -0.15) is 0 Å². The number of halogens is 1. The van der Waals surface area contributed by atoms with Crippen LogP contribution in [0.3, 0.4) is 0 Å². The van der Waals surface area contributed by atoms with E-state index >= 15 is 0 Å². The largest absolute Gasteiger partial charge is 0.481 e. The van der Waals surface area contributed by atoms with Crippen molar-refractivity contribution in [1.29, 1.82) is 0 Å². The highest BCUT2D eigenvalue weighted by Gasteiger charge is 2.05. The number of carboxylic acid groups (broad SMARTS) is 1. The Balaban J connectivity index is 0.00000121. The van der Waals surface area contributed by atoms with Crippen molar-refractivity contribution in [1.82, 2.24) is 0 Å². The molecule has 0 spiro atoms. The Morgan fingerprint density at radius 2 is 2.33 bits per heavy atom. The lowest BCUT2D eigenvalue weighted by Gasteiger charge is -1.97. The molecule has 1 rings (SSSR count). The van der Waals surface area contributed by atoms with E-state index in [9.17, 15) is 4.79 Å². The number of nitrogens with zero attached hydrogens (tertiary/aromatic N) is 1. The van der Waals surface area contributed by atoms with Crippen LogP contribution in [-0.2, 0) is 9.53 Å². The lowest BCUT2D eigenvalue weighted by atomic mass is 10.4. The van der Waals surface area contributed by atoms with E-state index in [0.29, 0.717) is 0 Å². The molecular weight excluding hydrogens is 182 g/mol. The first-order valence-electron chi connectivity index (χ1n) is 3.06. The van der Waals surface area contributed by atoms with E-state index in [2.05, 4.69) is 4.99 Å². The second kappa shape index (κ2) is 5.37. The topological polar surface area (TPSA) is 58.9 Å². The van der Waals surface area contributed by atoms with Crippen LogP contribution < -0.4 is 0 Å². The van der Waals surface area contributed by atoms with Gasteiger partial charge in [0.2, 0.25) is 5.90 Å². The van der Waals surface area contributed by atoms with Gasteiger partial charge in [0, 0.05) is 6.20 Å². The molecule has 0 atom stereocenters. The van der Waals surface area contributed by atoms with Crippen molar-refractivity contribution in [3.8, 4) is 0 Å². The first kappa shape index (κ1) is 10.7. The second-order valence-electron chi connectivity index (χ2n) is 1.88. The Hall–Kier alpha value is -1.29. The van der Waals surface area contributed by atoms with Crippen molar-refractivity contribution >= 4 is 24.3 Å². The van der Waals surface area contributed by atoms with Gasteiger partial charge in [0.25, 0.3) is 0 Å². The van der Waals surface area contributed by atoms with Gasteiger partial charge < -0.3 is 9.84 Å². The minimum atomic E-state index is -0.951. The molecule has 0 bridgehead atoms. The van der Waals surface area contributed by atoms with Crippen LogP contribution in [0, 0.1) is 0 Å². The monoisotopic (exact) mass is 189 g/mol. The van der Waals surface area contributed by atoms with Gasteiger partial charge in [0.15, 0.2) is 0 Å². The van der Waals surface area contributed by atoms with Gasteiger partial charge in [-0.15, -0.1) is 12.4 Å². The van der Waals surface area contributed by atoms with Crippen molar-refractivity contribution < 1.29 is 14.6 Å². The molecule has 1 heterocycles. The molecule has 0 saturated carbocycles. The Labute approximate surface area is 75.7 Å². The number of hydrogen-bond donors (Lipinski definition) is 1. The third-order valence-corrected chi connectivity index (χ3v) is 1.00. The Morgan fingerprint density at radius 1 is 1.58 bits per heavy atom. The maximum Gasteiger partial charge on any atom is 0.312 e. The molecule has 1 N–H and O–H groups in total. The van der Waals surface area contributed by atoms with E-state index in [1.807, 2.05) is 0 Å². The summed E-state index contributed by atoms with van der Waals surface area (Å²) in [5.74, 6) is -0.755. The summed E-state index contributed by atoms with van der Waals surface area (Å²) in [6.45, 7) is 0. The van der Waals surface area contributed by atoms with Gasteiger partial charge in [-0.1, -0.05) is 0 Å². The number of carbonyl (C=O) groups is 1. The molecule has 0 saturated heterocycles. The summed E-state index contributed by atoms with van der Waals surface area (Å²) >= 11 is 0. The van der Waals surface area contributed by atoms with Crippen molar-refractivity contribution in [2.75, 3.05) is 0 Å². The first-order valence-corrected chi connectivity index (χ1v) is 3.06. The lowest BCUT2D eigenvalue weighted by molar-refractivity contribution is -0.135. The van der Waals surface area contributed by atoms with E-state index in [0.717, 1.165) is 0 Å². The third-order valence-electron chi connectivity index (χ3n) is 1.00. The maximum absolute atomic E-state index is 10.2. The summed E-state index contributed by atoms with van der Waals surface area (Å²) in [6, 6.07) is 0. The van der Waals surface area contributed by atoms with Gasteiger partial charge in [0.1, 0.15) is 6.42 Å². The molecule has 0 fully saturated rings. The average Bonchev–Trinajstić information content (AvgIpc) is 2.14. The SMILES string of the molecule is Cl.O=C(O)CC1=NC=CC=CO1.